The Morgan fingerprint density at radius 2 is 2.20 bits per heavy atom. The number of aryl methyl sites for hydroxylation is 2. The predicted octanol–water partition coefficient (Wildman–Crippen LogP) is 3.38. The second kappa shape index (κ2) is 6.81. The summed E-state index contributed by atoms with van der Waals surface area (Å²) in [5.74, 6) is -0.153. The molecule has 0 saturated carbocycles. The molecule has 0 fully saturated rings. The molecule has 0 aliphatic carbocycles. The van der Waals surface area contributed by atoms with E-state index >= 15 is 0 Å². The van der Waals surface area contributed by atoms with Crippen molar-refractivity contribution in [3.63, 3.8) is 0 Å². The Hall–Kier alpha value is -1.46. The highest BCUT2D eigenvalue weighted by Crippen LogP contribution is 2.13. The molecular weight excluding hydrogens is 294 g/mol. The molecule has 0 saturated heterocycles. The van der Waals surface area contributed by atoms with E-state index in [9.17, 15) is 4.79 Å². The van der Waals surface area contributed by atoms with Crippen LogP contribution in [0, 0.1) is 6.92 Å². The lowest BCUT2D eigenvalue weighted by Crippen LogP contribution is -2.23. The van der Waals surface area contributed by atoms with E-state index in [0.717, 1.165) is 29.2 Å². The van der Waals surface area contributed by atoms with Gasteiger partial charge in [-0.2, -0.15) is 0 Å². The minimum Gasteiger partial charge on any atom is -0.346 e. The molecule has 2 heterocycles. The van der Waals surface area contributed by atoms with Crippen LogP contribution in [0.2, 0.25) is 5.15 Å². The third-order valence-electron chi connectivity index (χ3n) is 2.68. The molecule has 0 atom stereocenters. The molecule has 106 valence electrons. The molecule has 0 radical (unpaired) electrons. The highest BCUT2D eigenvalue weighted by atomic mass is 35.5. The van der Waals surface area contributed by atoms with Gasteiger partial charge >= 0.3 is 0 Å². The smallest absolute Gasteiger partial charge is 0.251 e. The van der Waals surface area contributed by atoms with Crippen LogP contribution in [0.15, 0.2) is 17.5 Å². The van der Waals surface area contributed by atoms with E-state index in [-0.39, 0.29) is 5.91 Å². The van der Waals surface area contributed by atoms with Gasteiger partial charge in [0.25, 0.3) is 5.91 Å². The molecule has 2 rings (SSSR count). The first kappa shape index (κ1) is 14.9. The van der Waals surface area contributed by atoms with Gasteiger partial charge in [0, 0.05) is 22.3 Å². The largest absolute Gasteiger partial charge is 0.346 e. The zero-order valence-electron chi connectivity index (χ0n) is 11.4. The summed E-state index contributed by atoms with van der Waals surface area (Å²) in [6.45, 7) is 4.43. The molecule has 6 heteroatoms. The van der Waals surface area contributed by atoms with Crippen LogP contribution in [0.3, 0.4) is 0 Å². The third kappa shape index (κ3) is 4.02. The van der Waals surface area contributed by atoms with Gasteiger partial charge in [-0.3, -0.25) is 4.79 Å². The van der Waals surface area contributed by atoms with E-state index in [1.807, 2.05) is 12.3 Å². The van der Waals surface area contributed by atoms with Crippen molar-refractivity contribution < 1.29 is 4.79 Å². The summed E-state index contributed by atoms with van der Waals surface area (Å²) in [5.41, 5.74) is 2.36. The Bertz CT molecular complexity index is 612. The standard InChI is InChI=1S/C14H16ClN3OS/c1-3-4-11-5-10(6-12(15)18-11)14(19)16-7-13-17-9(2)8-20-13/h5-6,8H,3-4,7H2,1-2H3,(H,16,19). The Balaban J connectivity index is 2.04. The average Bonchev–Trinajstić information content (AvgIpc) is 2.81. The molecular formula is C14H16ClN3OS. The number of carbonyl (C=O) groups excluding carboxylic acids is 1. The van der Waals surface area contributed by atoms with Crippen LogP contribution in [-0.2, 0) is 13.0 Å². The molecule has 0 aliphatic heterocycles. The maximum atomic E-state index is 12.1. The normalized spacial score (nSPS) is 10.6. The molecule has 0 unspecified atom stereocenters. The molecule has 0 bridgehead atoms. The summed E-state index contributed by atoms with van der Waals surface area (Å²) in [7, 11) is 0. The molecule has 1 amide bonds. The van der Waals surface area contributed by atoms with Gasteiger partial charge in [0.15, 0.2) is 0 Å². The number of carbonyl (C=O) groups is 1. The lowest BCUT2D eigenvalue weighted by Gasteiger charge is -2.06. The van der Waals surface area contributed by atoms with E-state index in [1.165, 1.54) is 11.3 Å². The van der Waals surface area contributed by atoms with E-state index in [0.29, 0.717) is 17.3 Å². The van der Waals surface area contributed by atoms with Gasteiger partial charge in [0.05, 0.1) is 6.54 Å². The Morgan fingerprint density at radius 1 is 1.40 bits per heavy atom. The minimum absolute atomic E-state index is 0.153. The highest BCUT2D eigenvalue weighted by molar-refractivity contribution is 7.09. The lowest BCUT2D eigenvalue weighted by atomic mass is 10.1. The maximum absolute atomic E-state index is 12.1. The summed E-state index contributed by atoms with van der Waals surface area (Å²) in [6, 6.07) is 3.38. The van der Waals surface area contributed by atoms with E-state index < -0.39 is 0 Å². The molecule has 20 heavy (non-hydrogen) atoms. The quantitative estimate of drug-likeness (QED) is 0.861. The van der Waals surface area contributed by atoms with Crippen LogP contribution < -0.4 is 5.32 Å². The Morgan fingerprint density at radius 3 is 2.85 bits per heavy atom. The summed E-state index contributed by atoms with van der Waals surface area (Å²) >= 11 is 7.49. The van der Waals surface area contributed by atoms with Crippen molar-refractivity contribution in [1.82, 2.24) is 15.3 Å². The van der Waals surface area contributed by atoms with Gasteiger partial charge in [0.1, 0.15) is 10.2 Å². The van der Waals surface area contributed by atoms with Gasteiger partial charge in [-0.15, -0.1) is 11.3 Å². The van der Waals surface area contributed by atoms with Crippen molar-refractivity contribution in [2.24, 2.45) is 0 Å². The highest BCUT2D eigenvalue weighted by Gasteiger charge is 2.10. The van der Waals surface area contributed by atoms with Crippen LogP contribution in [0.1, 0.15) is 40.1 Å². The third-order valence-corrected chi connectivity index (χ3v) is 3.84. The molecule has 2 aromatic heterocycles. The molecule has 4 nitrogen and oxygen atoms in total. The van der Waals surface area contributed by atoms with E-state index in [2.05, 4.69) is 22.2 Å². The number of hydrogen-bond acceptors (Lipinski definition) is 4. The van der Waals surface area contributed by atoms with Crippen molar-refractivity contribution in [3.8, 4) is 0 Å². The zero-order chi connectivity index (χ0) is 14.5. The molecule has 0 aliphatic rings. The van der Waals surface area contributed by atoms with Crippen molar-refractivity contribution in [3.05, 3.63) is 44.6 Å². The van der Waals surface area contributed by atoms with Crippen molar-refractivity contribution in [2.45, 2.75) is 33.2 Å². The van der Waals surface area contributed by atoms with Gasteiger partial charge in [-0.05, 0) is 25.5 Å². The monoisotopic (exact) mass is 309 g/mol. The van der Waals surface area contributed by atoms with Crippen LogP contribution in [0.4, 0.5) is 0 Å². The lowest BCUT2D eigenvalue weighted by molar-refractivity contribution is 0.0950. The first-order valence-electron chi connectivity index (χ1n) is 6.44. The number of thiazole rings is 1. The maximum Gasteiger partial charge on any atom is 0.251 e. The van der Waals surface area contributed by atoms with Crippen LogP contribution in [0.5, 0.6) is 0 Å². The van der Waals surface area contributed by atoms with Gasteiger partial charge < -0.3 is 5.32 Å². The minimum atomic E-state index is -0.153. The van der Waals surface area contributed by atoms with Crippen molar-refractivity contribution >= 4 is 28.8 Å². The van der Waals surface area contributed by atoms with E-state index in [4.69, 9.17) is 11.6 Å². The van der Waals surface area contributed by atoms with Crippen molar-refractivity contribution in [2.75, 3.05) is 0 Å². The number of halogens is 1. The summed E-state index contributed by atoms with van der Waals surface area (Å²) < 4.78 is 0. The Labute approximate surface area is 127 Å². The van der Waals surface area contributed by atoms with E-state index in [1.54, 1.807) is 12.1 Å². The van der Waals surface area contributed by atoms with Crippen LogP contribution >= 0.6 is 22.9 Å². The topological polar surface area (TPSA) is 54.9 Å². The second-order valence-electron chi connectivity index (χ2n) is 4.49. The fourth-order valence-corrected chi connectivity index (χ4v) is 2.75. The Kier molecular flexibility index (Phi) is 5.09. The average molecular weight is 310 g/mol. The molecule has 0 spiro atoms. The predicted molar refractivity (Wildman–Crippen MR) is 81.3 cm³/mol. The van der Waals surface area contributed by atoms with Crippen LogP contribution in [0.25, 0.3) is 0 Å². The fraction of sp³-hybridized carbons (Fsp3) is 0.357. The molecule has 2 aromatic rings. The summed E-state index contributed by atoms with van der Waals surface area (Å²) in [5, 5.41) is 6.06. The number of nitrogens with one attached hydrogen (secondary N) is 1. The first-order valence-corrected chi connectivity index (χ1v) is 7.70. The molecule has 1 N–H and O–H groups in total. The number of nitrogens with zero attached hydrogens (tertiary/aromatic N) is 2. The number of pyridine rings is 1. The van der Waals surface area contributed by atoms with Crippen LogP contribution in [-0.4, -0.2) is 15.9 Å². The van der Waals surface area contributed by atoms with Gasteiger partial charge in [-0.25, -0.2) is 9.97 Å². The SMILES string of the molecule is CCCc1cc(C(=O)NCc2nc(C)cs2)cc(Cl)n1. The van der Waals surface area contributed by atoms with Crippen molar-refractivity contribution in [1.29, 1.82) is 0 Å². The second-order valence-corrected chi connectivity index (χ2v) is 5.82. The summed E-state index contributed by atoms with van der Waals surface area (Å²) in [4.78, 5) is 20.6. The fourth-order valence-electron chi connectivity index (χ4n) is 1.81. The van der Waals surface area contributed by atoms with Gasteiger partial charge in [0.2, 0.25) is 0 Å². The number of hydrogen-bond donors (Lipinski definition) is 1. The summed E-state index contributed by atoms with van der Waals surface area (Å²) in [6.07, 6.45) is 1.78. The van der Waals surface area contributed by atoms with Gasteiger partial charge in [-0.1, -0.05) is 24.9 Å². The molecule has 0 aromatic carbocycles. The number of rotatable bonds is 5. The first-order chi connectivity index (χ1) is 9.58. The zero-order valence-corrected chi connectivity index (χ0v) is 13.0. The number of amides is 1. The number of aromatic nitrogens is 2.